The number of hydrogen-bond acceptors (Lipinski definition) is 2. The summed E-state index contributed by atoms with van der Waals surface area (Å²) in [6.07, 6.45) is 0. The van der Waals surface area contributed by atoms with Gasteiger partial charge in [0.25, 0.3) is 0 Å². The smallest absolute Gasteiger partial charge is 0.0462 e. The fourth-order valence-corrected chi connectivity index (χ4v) is 0. The normalized spacial score (nSPS) is 0.800. The molecule has 0 saturated carbocycles. The van der Waals surface area contributed by atoms with Gasteiger partial charge in [-0.1, -0.05) is 0 Å². The monoisotopic (exact) mass is 134 g/mol. The molecule has 0 aromatic rings. The van der Waals surface area contributed by atoms with E-state index >= 15 is 0 Å². The zero-order chi connectivity index (χ0) is 4.00. The predicted molar refractivity (Wildman–Crippen MR) is 19.1 cm³/mol. The summed E-state index contributed by atoms with van der Waals surface area (Å²) in [7, 11) is 0. The van der Waals surface area contributed by atoms with E-state index in [2.05, 4.69) is 13.1 Å². The molecule has 0 aliphatic heterocycles. The SMILES string of the molecule is C#N.C#N.[Se]. The molecule has 2 nitrogen and oxygen atoms in total. The fourth-order valence-electron chi connectivity index (χ4n) is 0. The Morgan fingerprint density at radius 1 is 0.800 bits per heavy atom. The average Bonchev–Trinajstić information content (AvgIpc) is 1.50. The molecule has 3 heteroatoms. The predicted octanol–water partition coefficient (Wildman–Crippen LogP) is -0.101. The van der Waals surface area contributed by atoms with Crippen LogP contribution in [0.5, 0.6) is 0 Å². The minimum atomic E-state index is 0. The molecule has 26 valence electrons. The van der Waals surface area contributed by atoms with E-state index in [9.17, 15) is 0 Å². The Labute approximate surface area is 41.5 Å². The number of hydrogen-bond donors (Lipinski definition) is 0. The zero-order valence-corrected chi connectivity index (χ0v) is 4.17. The van der Waals surface area contributed by atoms with Gasteiger partial charge >= 0.3 is 0 Å². The maximum atomic E-state index is 6.50. The van der Waals surface area contributed by atoms with Crippen LogP contribution in [0.25, 0.3) is 0 Å². The van der Waals surface area contributed by atoms with E-state index < -0.39 is 0 Å². The van der Waals surface area contributed by atoms with Crippen LogP contribution in [0.1, 0.15) is 0 Å². The van der Waals surface area contributed by atoms with Gasteiger partial charge in [0.15, 0.2) is 0 Å². The molecule has 0 spiro atoms. The van der Waals surface area contributed by atoms with E-state index in [0.717, 1.165) is 0 Å². The Hall–Kier alpha value is -0.501. The van der Waals surface area contributed by atoms with E-state index in [4.69, 9.17) is 10.5 Å². The molecule has 0 saturated heterocycles. The van der Waals surface area contributed by atoms with Crippen molar-refractivity contribution in [3.8, 4) is 13.1 Å². The molecule has 0 heterocycles. The second-order valence-electron chi connectivity index (χ2n) is 0. The maximum Gasteiger partial charge on any atom is 0.0462 e. The first kappa shape index (κ1) is 24.5. The molecule has 0 aromatic heterocycles. The largest absolute Gasteiger partial charge is 0.202 e. The third-order valence-electron chi connectivity index (χ3n) is 0. The van der Waals surface area contributed by atoms with Gasteiger partial charge in [0.1, 0.15) is 0 Å². The summed E-state index contributed by atoms with van der Waals surface area (Å²) in [4.78, 5) is 0. The van der Waals surface area contributed by atoms with Crippen LogP contribution >= 0.6 is 0 Å². The third kappa shape index (κ3) is 31.4. The molecule has 5 heavy (non-hydrogen) atoms. The summed E-state index contributed by atoms with van der Waals surface area (Å²) in [5, 5.41) is 13.0. The van der Waals surface area contributed by atoms with Gasteiger partial charge in [-0.15, -0.1) is 0 Å². The van der Waals surface area contributed by atoms with Crippen molar-refractivity contribution in [2.75, 3.05) is 0 Å². The van der Waals surface area contributed by atoms with Gasteiger partial charge in [-0.2, -0.15) is 0 Å². The third-order valence-corrected chi connectivity index (χ3v) is 0. The van der Waals surface area contributed by atoms with Crippen LogP contribution in [-0.2, 0) is 0 Å². The van der Waals surface area contributed by atoms with E-state index in [1.165, 1.54) is 0 Å². The van der Waals surface area contributed by atoms with Gasteiger partial charge < -0.3 is 0 Å². The number of nitrogens with zero attached hydrogens (tertiary/aromatic N) is 2. The van der Waals surface area contributed by atoms with Gasteiger partial charge in [0.2, 0.25) is 0 Å². The summed E-state index contributed by atoms with van der Waals surface area (Å²) in [6, 6.07) is 0. The molecule has 0 fully saturated rings. The first-order valence-electron chi connectivity index (χ1n) is 0.516. The standard InChI is InChI=1S/2CHN.Se/c2*1-2;/h2*1H;. The van der Waals surface area contributed by atoms with Crippen molar-refractivity contribution in [1.29, 1.82) is 10.5 Å². The molecular weight excluding hydrogens is 131 g/mol. The summed E-state index contributed by atoms with van der Waals surface area (Å²) in [5.74, 6) is 0. The van der Waals surface area contributed by atoms with Crippen molar-refractivity contribution in [3.63, 3.8) is 0 Å². The maximum absolute atomic E-state index is 6.50. The van der Waals surface area contributed by atoms with E-state index in [1.807, 2.05) is 0 Å². The van der Waals surface area contributed by atoms with Crippen LogP contribution in [0, 0.1) is 23.7 Å². The summed E-state index contributed by atoms with van der Waals surface area (Å²) in [6.45, 7) is 7.00. The van der Waals surface area contributed by atoms with Crippen LogP contribution in [0.4, 0.5) is 0 Å². The van der Waals surface area contributed by atoms with Crippen LogP contribution < -0.4 is 0 Å². The molecule has 0 aromatic carbocycles. The molecule has 2 radical (unpaired) electrons. The Morgan fingerprint density at radius 3 is 0.800 bits per heavy atom. The van der Waals surface area contributed by atoms with Crippen LogP contribution in [0.2, 0.25) is 0 Å². The van der Waals surface area contributed by atoms with Crippen molar-refractivity contribution in [2.24, 2.45) is 0 Å². The minimum Gasteiger partial charge on any atom is -0.202 e. The minimum absolute atomic E-state index is 0. The summed E-state index contributed by atoms with van der Waals surface area (Å²) in [5.41, 5.74) is 0. The van der Waals surface area contributed by atoms with Crippen molar-refractivity contribution < 1.29 is 0 Å². The van der Waals surface area contributed by atoms with Crippen molar-refractivity contribution in [1.82, 2.24) is 0 Å². The van der Waals surface area contributed by atoms with E-state index in [0.29, 0.717) is 0 Å². The second-order valence-corrected chi connectivity index (χ2v) is 0. The molecule has 0 aliphatic rings. The first-order chi connectivity index (χ1) is 2.00. The Kier molecular flexibility index (Phi) is 428. The summed E-state index contributed by atoms with van der Waals surface area (Å²) < 4.78 is 0. The van der Waals surface area contributed by atoms with E-state index in [1.54, 1.807) is 0 Å². The van der Waals surface area contributed by atoms with Gasteiger partial charge in [0, 0.05) is 30.2 Å². The topological polar surface area (TPSA) is 47.6 Å². The molecule has 0 atom stereocenters. The molecule has 0 bridgehead atoms. The second kappa shape index (κ2) is 87.3. The van der Waals surface area contributed by atoms with Gasteiger partial charge in [-0.3, -0.25) is 0 Å². The van der Waals surface area contributed by atoms with Gasteiger partial charge in [0.05, 0.1) is 0 Å². The van der Waals surface area contributed by atoms with E-state index in [-0.39, 0.29) is 17.1 Å². The van der Waals surface area contributed by atoms with Crippen molar-refractivity contribution in [3.05, 3.63) is 0 Å². The van der Waals surface area contributed by atoms with Crippen LogP contribution in [-0.4, -0.2) is 17.1 Å². The fraction of sp³-hybridized carbons (Fsp3) is 0. The first-order valence-corrected chi connectivity index (χ1v) is 0.516. The van der Waals surface area contributed by atoms with Crippen LogP contribution in [0.15, 0.2) is 0 Å². The molecule has 0 N–H and O–H groups in total. The zero-order valence-electron chi connectivity index (χ0n) is 2.46. The van der Waals surface area contributed by atoms with Gasteiger partial charge in [-0.25, -0.2) is 10.5 Å². The molecule has 0 amide bonds. The Morgan fingerprint density at radius 2 is 0.800 bits per heavy atom. The molecule has 0 aliphatic carbocycles. The Bertz CT molecular complexity index is 23.1. The van der Waals surface area contributed by atoms with Crippen LogP contribution in [0.3, 0.4) is 0 Å². The number of nitriles is 2. The van der Waals surface area contributed by atoms with Crippen molar-refractivity contribution in [2.45, 2.75) is 0 Å². The van der Waals surface area contributed by atoms with Gasteiger partial charge in [-0.05, 0) is 0 Å². The summed E-state index contributed by atoms with van der Waals surface area (Å²) >= 11 is 0. The van der Waals surface area contributed by atoms with Crippen molar-refractivity contribution >= 4 is 17.1 Å². The quantitative estimate of drug-likeness (QED) is 0.433. The molecule has 0 unspecified atom stereocenters. The Balaban J connectivity index is -0.0000000133. The molecular formula is C2H2N2Se. The number of rotatable bonds is 0. The average molecular weight is 133 g/mol. The molecule has 0 rings (SSSR count).